The van der Waals surface area contributed by atoms with Gasteiger partial charge in [0.15, 0.2) is 0 Å². The van der Waals surface area contributed by atoms with Gasteiger partial charge in [-0.1, -0.05) is 27.2 Å². The second-order valence-corrected chi connectivity index (χ2v) is 9.43. The highest BCUT2D eigenvalue weighted by molar-refractivity contribution is 14.2. The molecule has 1 fully saturated rings. The maximum absolute atomic E-state index is 12.1. The summed E-state index contributed by atoms with van der Waals surface area (Å²) in [7, 11) is 2.62. The molecule has 0 aromatic carbocycles. The number of amides is 2. The molecule has 0 radical (unpaired) electrons. The molecular formula is C21H40INO7S. The Morgan fingerprint density at radius 2 is 1.71 bits per heavy atom. The number of carbonyl (C=O) groups excluding carboxylic acids is 3. The molecule has 0 aromatic heterocycles. The zero-order valence-electron chi connectivity index (χ0n) is 20.6. The maximum atomic E-state index is 12.1. The lowest BCUT2D eigenvalue weighted by Gasteiger charge is -2.26. The summed E-state index contributed by atoms with van der Waals surface area (Å²) in [5.41, 5.74) is -0.706. The highest BCUT2D eigenvalue weighted by Gasteiger charge is 2.49. The van der Waals surface area contributed by atoms with Crippen molar-refractivity contribution in [2.24, 2.45) is 0 Å². The lowest BCUT2D eigenvalue weighted by Crippen LogP contribution is -2.46. The Balaban J connectivity index is 0. The molecule has 2 atom stereocenters. The molecule has 1 aliphatic heterocycles. The fraction of sp³-hybridized carbons (Fsp3) is 0.857. The number of hydrogen-bond acceptors (Lipinski definition) is 8. The molecule has 1 saturated heterocycles. The van der Waals surface area contributed by atoms with Crippen LogP contribution in [0, 0.1) is 0 Å². The molecule has 2 amide bonds. The molecule has 1 rings (SSSR count). The van der Waals surface area contributed by atoms with Crippen molar-refractivity contribution in [1.82, 2.24) is 4.90 Å². The monoisotopic (exact) mass is 577 g/mol. The highest BCUT2D eigenvalue weighted by atomic mass is 127. The number of nitrogens with zero attached hydrogens (tertiary/aromatic N) is 1. The number of imide groups is 1. The third kappa shape index (κ3) is 12.9. The van der Waals surface area contributed by atoms with Crippen molar-refractivity contribution in [2.45, 2.75) is 105 Å². The van der Waals surface area contributed by atoms with E-state index in [1.54, 1.807) is 27.7 Å². The molecule has 0 bridgehead atoms. The first kappa shape index (κ1) is 32.6. The standard InChI is InChI=1S/C13H21NO6.C6H13IOS.C2H6/c1-6-19-9-7-8(11(16)18-5)14(10(9)15)12(17)20-13(2,3)4;1-4-5-6(2,3)8-9-7;1-2/h8-9H,6-7H2,1-5H3;4-5H2,1-3H3;1-2H3. The molecule has 0 saturated carbocycles. The van der Waals surface area contributed by atoms with Crippen LogP contribution >= 0.6 is 30.4 Å². The van der Waals surface area contributed by atoms with Gasteiger partial charge in [-0.2, -0.15) is 0 Å². The summed E-state index contributed by atoms with van der Waals surface area (Å²) in [6.45, 7) is 17.5. The van der Waals surface area contributed by atoms with Crippen LogP contribution in [0.3, 0.4) is 0 Å². The molecule has 0 spiro atoms. The van der Waals surface area contributed by atoms with E-state index in [0.29, 0.717) is 6.61 Å². The van der Waals surface area contributed by atoms with E-state index in [1.807, 2.05) is 13.8 Å². The number of likely N-dealkylation sites (tertiary alicyclic amines) is 1. The summed E-state index contributed by atoms with van der Waals surface area (Å²) < 4.78 is 20.4. The van der Waals surface area contributed by atoms with Gasteiger partial charge in [0.2, 0.25) is 0 Å². The number of esters is 1. The van der Waals surface area contributed by atoms with Crippen LogP contribution in [-0.4, -0.2) is 59.9 Å². The average Bonchev–Trinajstić information content (AvgIpc) is 2.98. The van der Waals surface area contributed by atoms with Crippen molar-refractivity contribution in [3.8, 4) is 0 Å². The van der Waals surface area contributed by atoms with E-state index in [1.165, 1.54) is 22.7 Å². The molecule has 0 aromatic rings. The van der Waals surface area contributed by atoms with Crippen LogP contribution in [0.5, 0.6) is 0 Å². The summed E-state index contributed by atoms with van der Waals surface area (Å²) in [6, 6.07) is -1.00. The van der Waals surface area contributed by atoms with Gasteiger partial charge in [0, 0.05) is 34.2 Å². The summed E-state index contributed by atoms with van der Waals surface area (Å²) in [5.74, 6) is -1.23. The van der Waals surface area contributed by atoms with Crippen LogP contribution in [0.1, 0.15) is 81.6 Å². The summed E-state index contributed by atoms with van der Waals surface area (Å²) in [4.78, 5) is 36.7. The predicted molar refractivity (Wildman–Crippen MR) is 132 cm³/mol. The Bertz CT molecular complexity index is 544. The van der Waals surface area contributed by atoms with Gasteiger partial charge in [0.05, 0.1) is 21.9 Å². The second kappa shape index (κ2) is 16.1. The zero-order chi connectivity index (χ0) is 24.8. The number of hydrogen-bond donors (Lipinski definition) is 0. The zero-order valence-corrected chi connectivity index (χ0v) is 23.5. The van der Waals surface area contributed by atoms with Crippen molar-refractivity contribution in [3.05, 3.63) is 0 Å². The minimum atomic E-state index is -1.00. The number of methoxy groups -OCH3 is 1. The van der Waals surface area contributed by atoms with Crippen molar-refractivity contribution in [1.29, 1.82) is 0 Å². The van der Waals surface area contributed by atoms with Crippen LogP contribution in [0.15, 0.2) is 0 Å². The van der Waals surface area contributed by atoms with E-state index in [2.05, 4.69) is 46.7 Å². The van der Waals surface area contributed by atoms with Crippen LogP contribution in [-0.2, 0) is 28.0 Å². The summed E-state index contributed by atoms with van der Waals surface area (Å²) in [6.07, 6.45) is 0.711. The smallest absolute Gasteiger partial charge is 0.417 e. The van der Waals surface area contributed by atoms with Gasteiger partial charge in [-0.25, -0.2) is 14.5 Å². The maximum Gasteiger partial charge on any atom is 0.417 e. The van der Waals surface area contributed by atoms with E-state index in [4.69, 9.17) is 13.7 Å². The fourth-order valence-electron chi connectivity index (χ4n) is 2.65. The molecular weight excluding hydrogens is 537 g/mol. The van der Waals surface area contributed by atoms with Crippen LogP contribution < -0.4 is 0 Å². The Morgan fingerprint density at radius 1 is 1.16 bits per heavy atom. The number of rotatable bonds is 7. The lowest BCUT2D eigenvalue weighted by molar-refractivity contribution is -0.149. The molecule has 184 valence electrons. The summed E-state index contributed by atoms with van der Waals surface area (Å²) in [5, 5.41) is 0. The normalized spacial score (nSPS) is 18.4. The van der Waals surface area contributed by atoms with Crippen LogP contribution in [0.2, 0.25) is 0 Å². The van der Waals surface area contributed by atoms with Gasteiger partial charge >= 0.3 is 12.1 Å². The molecule has 1 aliphatic rings. The third-order valence-corrected chi connectivity index (χ3v) is 4.86. The number of halogens is 1. The second-order valence-electron chi connectivity index (χ2n) is 8.06. The first-order valence-corrected chi connectivity index (χ1v) is 13.8. The molecule has 31 heavy (non-hydrogen) atoms. The highest BCUT2D eigenvalue weighted by Crippen LogP contribution is 2.27. The molecule has 0 aliphatic carbocycles. The quantitative estimate of drug-likeness (QED) is 0.216. The predicted octanol–water partition coefficient (Wildman–Crippen LogP) is 5.71. The first-order valence-electron chi connectivity index (χ1n) is 10.5. The Labute approximate surface area is 204 Å². The molecule has 10 heteroatoms. The van der Waals surface area contributed by atoms with Gasteiger partial charge in [0.25, 0.3) is 5.91 Å². The van der Waals surface area contributed by atoms with Crippen molar-refractivity contribution < 1.29 is 32.8 Å². The largest absolute Gasteiger partial charge is 0.467 e. The van der Waals surface area contributed by atoms with E-state index in [9.17, 15) is 14.4 Å². The van der Waals surface area contributed by atoms with Gasteiger partial charge < -0.3 is 14.2 Å². The molecule has 8 nitrogen and oxygen atoms in total. The van der Waals surface area contributed by atoms with Gasteiger partial charge in [-0.3, -0.25) is 8.98 Å². The fourth-order valence-corrected chi connectivity index (χ4v) is 4.37. The van der Waals surface area contributed by atoms with E-state index < -0.39 is 35.7 Å². The minimum Gasteiger partial charge on any atom is -0.467 e. The Kier molecular flexibility index (Phi) is 16.9. The van der Waals surface area contributed by atoms with Crippen molar-refractivity contribution in [2.75, 3.05) is 13.7 Å². The molecule has 2 unspecified atom stereocenters. The van der Waals surface area contributed by atoms with Crippen molar-refractivity contribution in [3.63, 3.8) is 0 Å². The minimum absolute atomic E-state index is 0.0562. The topological polar surface area (TPSA) is 91.4 Å². The van der Waals surface area contributed by atoms with Crippen LogP contribution in [0.25, 0.3) is 0 Å². The van der Waals surface area contributed by atoms with E-state index in [-0.39, 0.29) is 12.0 Å². The molecule has 0 N–H and O–H groups in total. The first-order chi connectivity index (χ1) is 14.3. The number of ether oxygens (including phenoxy) is 3. The van der Waals surface area contributed by atoms with E-state index in [0.717, 1.165) is 11.3 Å². The average molecular weight is 578 g/mol. The Hall–Kier alpha value is -0.590. The van der Waals surface area contributed by atoms with Gasteiger partial charge in [0.1, 0.15) is 17.7 Å². The van der Waals surface area contributed by atoms with E-state index >= 15 is 0 Å². The Morgan fingerprint density at radius 3 is 2.10 bits per heavy atom. The van der Waals surface area contributed by atoms with Gasteiger partial charge in [-0.05, 0) is 48.0 Å². The van der Waals surface area contributed by atoms with Crippen LogP contribution in [0.4, 0.5) is 4.79 Å². The van der Waals surface area contributed by atoms with Gasteiger partial charge in [-0.15, -0.1) is 0 Å². The lowest BCUT2D eigenvalue weighted by atomic mass is 10.0. The number of carbonyl (C=O) groups is 3. The SMILES string of the molecule is CC.CCCC(C)(C)OSI.CCOC1CC(C(=O)OC)N(C(=O)OC(C)(C)C)C1=O. The third-order valence-electron chi connectivity index (χ3n) is 3.80. The molecule has 1 heterocycles. The van der Waals surface area contributed by atoms with Crippen molar-refractivity contribution >= 4 is 48.4 Å². The summed E-state index contributed by atoms with van der Waals surface area (Å²) >= 11 is 2.15.